The zero-order valence-electron chi connectivity index (χ0n) is 14.9. The van der Waals surface area contributed by atoms with Crippen molar-refractivity contribution in [3.63, 3.8) is 0 Å². The molecule has 0 aliphatic rings. The lowest BCUT2D eigenvalue weighted by Crippen LogP contribution is -2.14. The molecule has 0 aliphatic heterocycles. The molecule has 0 saturated carbocycles. The van der Waals surface area contributed by atoms with E-state index in [1.807, 2.05) is 48.5 Å². The highest BCUT2D eigenvalue weighted by molar-refractivity contribution is 6.07. The molecule has 1 atom stereocenters. The van der Waals surface area contributed by atoms with Crippen LogP contribution in [0.25, 0.3) is 11.1 Å². The lowest BCUT2D eigenvalue weighted by molar-refractivity contribution is 0.102. The van der Waals surface area contributed by atoms with Crippen LogP contribution in [0.1, 0.15) is 27.7 Å². The van der Waals surface area contributed by atoms with Crippen LogP contribution < -0.4 is 5.32 Å². The van der Waals surface area contributed by atoms with Gasteiger partial charge in [0.1, 0.15) is 11.8 Å². The van der Waals surface area contributed by atoms with Crippen LogP contribution in [0.3, 0.4) is 0 Å². The molecule has 0 spiro atoms. The predicted molar refractivity (Wildman–Crippen MR) is 107 cm³/mol. The summed E-state index contributed by atoms with van der Waals surface area (Å²) in [4.78, 5) is 16.8. The van der Waals surface area contributed by atoms with Gasteiger partial charge in [-0.05, 0) is 41.0 Å². The predicted octanol–water partition coefficient (Wildman–Crippen LogP) is 3.81. The molecule has 0 fully saturated rings. The highest BCUT2D eigenvalue weighted by Crippen LogP contribution is 2.25. The molecule has 1 unspecified atom stereocenters. The number of aromatic amines is 1. The number of rotatable bonds is 5. The number of hydrogen-bond donors (Lipinski definition) is 3. The maximum absolute atomic E-state index is 12.8. The molecule has 1 amide bonds. The molecule has 2 heterocycles. The monoisotopic (exact) mass is 370 g/mol. The van der Waals surface area contributed by atoms with E-state index >= 15 is 0 Å². The van der Waals surface area contributed by atoms with Gasteiger partial charge >= 0.3 is 0 Å². The zero-order valence-corrected chi connectivity index (χ0v) is 14.9. The number of anilines is 1. The molecule has 0 aliphatic carbocycles. The molecular weight excluding hydrogens is 352 g/mol. The van der Waals surface area contributed by atoms with Gasteiger partial charge in [0, 0.05) is 23.6 Å². The van der Waals surface area contributed by atoms with Crippen LogP contribution in [0.5, 0.6) is 0 Å². The Morgan fingerprint density at radius 3 is 2.50 bits per heavy atom. The number of carbonyl (C=O) groups excluding carboxylic acids is 1. The summed E-state index contributed by atoms with van der Waals surface area (Å²) in [5.41, 5.74) is 3.98. The van der Waals surface area contributed by atoms with Crippen molar-refractivity contribution in [3.05, 3.63) is 102 Å². The van der Waals surface area contributed by atoms with Gasteiger partial charge in [0.05, 0.1) is 6.20 Å². The normalized spacial score (nSPS) is 11.8. The molecule has 4 rings (SSSR count). The summed E-state index contributed by atoms with van der Waals surface area (Å²) in [5.74, 6) is -0.310. The molecule has 0 bridgehead atoms. The van der Waals surface area contributed by atoms with Gasteiger partial charge < -0.3 is 10.4 Å². The molecule has 3 N–H and O–H groups in total. The lowest BCUT2D eigenvalue weighted by atomic mass is 10.0. The highest BCUT2D eigenvalue weighted by Gasteiger charge is 2.16. The Morgan fingerprint density at radius 1 is 0.964 bits per heavy atom. The van der Waals surface area contributed by atoms with E-state index in [1.165, 1.54) is 0 Å². The smallest absolute Gasteiger partial charge is 0.274 e. The largest absolute Gasteiger partial charge is 0.384 e. The fourth-order valence-corrected chi connectivity index (χ4v) is 3.02. The fourth-order valence-electron chi connectivity index (χ4n) is 3.02. The maximum Gasteiger partial charge on any atom is 0.274 e. The highest BCUT2D eigenvalue weighted by atomic mass is 16.3. The molecular formula is C22H18N4O2. The molecule has 2 aromatic carbocycles. The summed E-state index contributed by atoms with van der Waals surface area (Å²) in [6.45, 7) is 0. The summed E-state index contributed by atoms with van der Waals surface area (Å²) >= 11 is 0. The second-order valence-electron chi connectivity index (χ2n) is 6.29. The van der Waals surface area contributed by atoms with Gasteiger partial charge in [0.25, 0.3) is 5.91 Å². The topological polar surface area (TPSA) is 90.9 Å². The second-order valence-corrected chi connectivity index (χ2v) is 6.29. The van der Waals surface area contributed by atoms with Gasteiger partial charge in [-0.2, -0.15) is 5.10 Å². The van der Waals surface area contributed by atoms with Gasteiger partial charge in [-0.25, -0.2) is 0 Å². The third kappa shape index (κ3) is 3.67. The number of nitrogens with zero attached hydrogens (tertiary/aromatic N) is 2. The van der Waals surface area contributed by atoms with E-state index in [2.05, 4.69) is 20.5 Å². The second kappa shape index (κ2) is 7.85. The van der Waals surface area contributed by atoms with Crippen molar-refractivity contribution >= 4 is 11.6 Å². The van der Waals surface area contributed by atoms with E-state index < -0.39 is 6.10 Å². The van der Waals surface area contributed by atoms with E-state index in [0.29, 0.717) is 22.5 Å². The van der Waals surface area contributed by atoms with Gasteiger partial charge in [-0.15, -0.1) is 0 Å². The number of hydrogen-bond acceptors (Lipinski definition) is 4. The van der Waals surface area contributed by atoms with Crippen LogP contribution in [-0.2, 0) is 0 Å². The molecule has 138 valence electrons. The number of benzene rings is 2. The molecule has 6 nitrogen and oxygen atoms in total. The van der Waals surface area contributed by atoms with E-state index in [9.17, 15) is 9.90 Å². The average Bonchev–Trinajstić information content (AvgIpc) is 3.25. The van der Waals surface area contributed by atoms with Crippen molar-refractivity contribution in [2.75, 3.05) is 5.32 Å². The summed E-state index contributed by atoms with van der Waals surface area (Å²) in [6.07, 6.45) is 4.18. The Labute approximate surface area is 161 Å². The van der Waals surface area contributed by atoms with Crippen LogP contribution in [0.15, 0.2) is 85.3 Å². The van der Waals surface area contributed by atoms with Crippen molar-refractivity contribution in [2.24, 2.45) is 0 Å². The SMILES string of the molecule is O=C(Nc1cccc(C(O)c2ccccc2)c1)c1[nH]ncc1-c1ccncc1. The van der Waals surface area contributed by atoms with Crippen molar-refractivity contribution in [1.29, 1.82) is 0 Å². The van der Waals surface area contributed by atoms with E-state index in [1.54, 1.807) is 36.8 Å². The number of amides is 1. The van der Waals surface area contributed by atoms with Gasteiger partial charge in [0.2, 0.25) is 0 Å². The Hall–Kier alpha value is -3.77. The third-order valence-electron chi connectivity index (χ3n) is 4.43. The Morgan fingerprint density at radius 2 is 1.71 bits per heavy atom. The first kappa shape index (κ1) is 17.6. The minimum absolute atomic E-state index is 0.310. The lowest BCUT2D eigenvalue weighted by Gasteiger charge is -2.13. The first-order valence-electron chi connectivity index (χ1n) is 8.80. The molecule has 2 aromatic heterocycles. The summed E-state index contributed by atoms with van der Waals surface area (Å²) in [5, 5.41) is 20.2. The van der Waals surface area contributed by atoms with Crippen LogP contribution in [0.2, 0.25) is 0 Å². The van der Waals surface area contributed by atoms with E-state index in [-0.39, 0.29) is 5.91 Å². The third-order valence-corrected chi connectivity index (χ3v) is 4.43. The summed E-state index contributed by atoms with van der Waals surface area (Å²) < 4.78 is 0. The number of aliphatic hydroxyl groups excluding tert-OH is 1. The van der Waals surface area contributed by atoms with Crippen molar-refractivity contribution in [2.45, 2.75) is 6.10 Å². The van der Waals surface area contributed by atoms with Crippen molar-refractivity contribution in [1.82, 2.24) is 15.2 Å². The number of aromatic nitrogens is 3. The van der Waals surface area contributed by atoms with Crippen LogP contribution in [0, 0.1) is 0 Å². The average molecular weight is 370 g/mol. The first-order chi connectivity index (χ1) is 13.7. The molecule has 0 radical (unpaired) electrons. The number of H-pyrrole nitrogens is 1. The number of carbonyl (C=O) groups is 1. The number of aliphatic hydroxyl groups is 1. The maximum atomic E-state index is 12.8. The number of nitrogens with one attached hydrogen (secondary N) is 2. The first-order valence-corrected chi connectivity index (χ1v) is 8.80. The van der Waals surface area contributed by atoms with Crippen LogP contribution >= 0.6 is 0 Å². The summed E-state index contributed by atoms with van der Waals surface area (Å²) in [6, 6.07) is 20.2. The zero-order chi connectivity index (χ0) is 19.3. The van der Waals surface area contributed by atoms with E-state index in [4.69, 9.17) is 0 Å². The van der Waals surface area contributed by atoms with Gasteiger partial charge in [-0.3, -0.25) is 14.9 Å². The Kier molecular flexibility index (Phi) is 4.95. The molecule has 6 heteroatoms. The van der Waals surface area contributed by atoms with Crippen molar-refractivity contribution in [3.8, 4) is 11.1 Å². The molecule has 28 heavy (non-hydrogen) atoms. The van der Waals surface area contributed by atoms with Crippen LogP contribution in [-0.4, -0.2) is 26.2 Å². The minimum Gasteiger partial charge on any atom is -0.384 e. The molecule has 0 saturated heterocycles. The Bertz CT molecular complexity index is 1080. The minimum atomic E-state index is -0.766. The quantitative estimate of drug-likeness (QED) is 0.498. The number of pyridine rings is 1. The van der Waals surface area contributed by atoms with Gasteiger partial charge in [0.15, 0.2) is 0 Å². The van der Waals surface area contributed by atoms with Crippen LogP contribution in [0.4, 0.5) is 5.69 Å². The Balaban J connectivity index is 1.56. The molecule has 4 aromatic rings. The van der Waals surface area contributed by atoms with Gasteiger partial charge in [-0.1, -0.05) is 42.5 Å². The van der Waals surface area contributed by atoms with E-state index in [0.717, 1.165) is 11.1 Å². The fraction of sp³-hybridized carbons (Fsp3) is 0.0455. The standard InChI is InChI=1S/C22H18N4O2/c27-21(16-5-2-1-3-6-16)17-7-4-8-18(13-17)25-22(28)20-19(14-24-26-20)15-9-11-23-12-10-15/h1-14,21,27H,(H,24,26)(H,25,28). The van der Waals surface area contributed by atoms with Crippen molar-refractivity contribution < 1.29 is 9.90 Å². The summed E-state index contributed by atoms with van der Waals surface area (Å²) in [7, 11) is 0.